The van der Waals surface area contributed by atoms with E-state index >= 15 is 0 Å². The van der Waals surface area contributed by atoms with Gasteiger partial charge in [-0.3, -0.25) is 0 Å². The topological polar surface area (TPSA) is 37.8 Å². The zero-order valence-corrected chi connectivity index (χ0v) is 12.6. The summed E-state index contributed by atoms with van der Waals surface area (Å²) in [5, 5.41) is 4.52. The molecule has 0 amide bonds. The molecular formula is C14H16ClN3S. The third-order valence-corrected chi connectivity index (χ3v) is 3.88. The number of nitrogens with one attached hydrogen (secondary N) is 1. The first-order valence-corrected chi connectivity index (χ1v) is 7.39. The molecule has 19 heavy (non-hydrogen) atoms. The van der Waals surface area contributed by atoms with E-state index in [4.69, 9.17) is 11.6 Å². The molecule has 1 heterocycles. The molecule has 0 aliphatic rings. The number of benzene rings is 1. The predicted molar refractivity (Wildman–Crippen MR) is 81.1 cm³/mol. The van der Waals surface area contributed by atoms with Crippen molar-refractivity contribution in [3.05, 3.63) is 41.0 Å². The second-order valence-corrected chi connectivity index (χ2v) is 5.66. The van der Waals surface area contributed by atoms with Crippen LogP contribution in [0.5, 0.6) is 0 Å². The minimum absolute atomic E-state index is 0.577. The van der Waals surface area contributed by atoms with Crippen LogP contribution in [0.4, 0.5) is 5.95 Å². The van der Waals surface area contributed by atoms with Crippen LogP contribution >= 0.6 is 23.4 Å². The third kappa shape index (κ3) is 4.11. The Morgan fingerprint density at radius 3 is 2.68 bits per heavy atom. The third-order valence-electron chi connectivity index (χ3n) is 2.48. The molecule has 1 aromatic heterocycles. The molecule has 0 radical (unpaired) electrons. The highest BCUT2D eigenvalue weighted by Crippen LogP contribution is 2.31. The number of aryl methyl sites for hydroxylation is 1. The van der Waals surface area contributed by atoms with Crippen molar-refractivity contribution in [2.24, 2.45) is 0 Å². The maximum atomic E-state index is 6.14. The largest absolute Gasteiger partial charge is 0.354 e. The van der Waals surface area contributed by atoms with Gasteiger partial charge in [0.2, 0.25) is 5.95 Å². The average Bonchev–Trinajstić information content (AvgIpc) is 2.42. The highest BCUT2D eigenvalue weighted by molar-refractivity contribution is 7.99. The van der Waals surface area contributed by atoms with Gasteiger partial charge in [0.25, 0.3) is 0 Å². The van der Waals surface area contributed by atoms with E-state index < -0.39 is 0 Å². The highest BCUT2D eigenvalue weighted by Gasteiger charge is 2.07. The molecule has 0 atom stereocenters. The summed E-state index contributed by atoms with van der Waals surface area (Å²) in [4.78, 5) is 9.72. The summed E-state index contributed by atoms with van der Waals surface area (Å²) >= 11 is 7.69. The molecule has 0 saturated heterocycles. The fourth-order valence-corrected chi connectivity index (χ4v) is 2.45. The SMILES string of the molecule is CCCNc1ncc(Cl)c(Sc2ccc(C)cc2)n1. The Balaban J connectivity index is 2.16. The van der Waals surface area contributed by atoms with Gasteiger partial charge in [-0.05, 0) is 25.5 Å². The molecule has 5 heteroatoms. The number of aromatic nitrogens is 2. The van der Waals surface area contributed by atoms with E-state index in [0.29, 0.717) is 11.0 Å². The molecule has 0 aliphatic carbocycles. The van der Waals surface area contributed by atoms with Gasteiger partial charge in [0, 0.05) is 11.4 Å². The first-order chi connectivity index (χ1) is 9.19. The molecule has 3 nitrogen and oxygen atoms in total. The lowest BCUT2D eigenvalue weighted by Crippen LogP contribution is -2.04. The van der Waals surface area contributed by atoms with Gasteiger partial charge >= 0.3 is 0 Å². The van der Waals surface area contributed by atoms with Gasteiger partial charge in [-0.25, -0.2) is 9.97 Å². The van der Waals surface area contributed by atoms with Crippen LogP contribution in [0, 0.1) is 6.92 Å². The van der Waals surface area contributed by atoms with E-state index in [1.165, 1.54) is 5.56 Å². The number of hydrogen-bond donors (Lipinski definition) is 1. The molecule has 0 spiro atoms. The number of hydrogen-bond acceptors (Lipinski definition) is 4. The second-order valence-electron chi connectivity index (χ2n) is 4.19. The molecule has 100 valence electrons. The highest BCUT2D eigenvalue weighted by atomic mass is 35.5. The summed E-state index contributed by atoms with van der Waals surface area (Å²) in [6.45, 7) is 5.03. The zero-order chi connectivity index (χ0) is 13.7. The maximum absolute atomic E-state index is 6.14. The summed E-state index contributed by atoms with van der Waals surface area (Å²) in [7, 11) is 0. The molecule has 0 fully saturated rings. The van der Waals surface area contributed by atoms with Crippen LogP contribution < -0.4 is 5.32 Å². The Kier molecular flexibility index (Phi) is 5.05. The Hall–Kier alpha value is -1.26. The zero-order valence-electron chi connectivity index (χ0n) is 11.0. The van der Waals surface area contributed by atoms with Gasteiger partial charge in [0.05, 0.1) is 11.2 Å². The minimum atomic E-state index is 0.577. The number of anilines is 1. The Bertz CT molecular complexity index is 543. The van der Waals surface area contributed by atoms with E-state index in [0.717, 1.165) is 22.9 Å². The quantitative estimate of drug-likeness (QED) is 0.829. The first kappa shape index (κ1) is 14.2. The van der Waals surface area contributed by atoms with Crippen molar-refractivity contribution < 1.29 is 0 Å². The van der Waals surface area contributed by atoms with Crippen LogP contribution in [0.1, 0.15) is 18.9 Å². The van der Waals surface area contributed by atoms with Gasteiger partial charge < -0.3 is 5.32 Å². The monoisotopic (exact) mass is 293 g/mol. The fraction of sp³-hybridized carbons (Fsp3) is 0.286. The fourth-order valence-electron chi connectivity index (χ4n) is 1.46. The number of halogens is 1. The number of nitrogens with zero attached hydrogens (tertiary/aromatic N) is 2. The summed E-state index contributed by atoms with van der Waals surface area (Å²) in [5.41, 5.74) is 1.24. The molecule has 0 aliphatic heterocycles. The normalized spacial score (nSPS) is 10.5. The Morgan fingerprint density at radius 2 is 2.00 bits per heavy atom. The lowest BCUT2D eigenvalue weighted by Gasteiger charge is -2.07. The average molecular weight is 294 g/mol. The Labute approximate surface area is 122 Å². The lowest BCUT2D eigenvalue weighted by atomic mass is 10.2. The molecule has 0 bridgehead atoms. The van der Waals surface area contributed by atoms with Crippen molar-refractivity contribution in [1.29, 1.82) is 0 Å². The summed E-state index contributed by atoms with van der Waals surface area (Å²) in [6, 6.07) is 8.29. The Morgan fingerprint density at radius 1 is 1.26 bits per heavy atom. The first-order valence-electron chi connectivity index (χ1n) is 6.20. The molecule has 0 saturated carbocycles. The standard InChI is InChI=1S/C14H16ClN3S/c1-3-8-16-14-17-9-12(15)13(18-14)19-11-6-4-10(2)5-7-11/h4-7,9H,3,8H2,1-2H3,(H,16,17,18). The van der Waals surface area contributed by atoms with Gasteiger partial charge in [0.15, 0.2) is 0 Å². The van der Waals surface area contributed by atoms with Gasteiger partial charge in [-0.2, -0.15) is 0 Å². The molecule has 2 rings (SSSR count). The van der Waals surface area contributed by atoms with E-state index in [2.05, 4.69) is 53.4 Å². The summed E-state index contributed by atoms with van der Waals surface area (Å²) in [5.74, 6) is 0.626. The van der Waals surface area contributed by atoms with Crippen LogP contribution in [0.25, 0.3) is 0 Å². The van der Waals surface area contributed by atoms with Crippen molar-refractivity contribution in [2.75, 3.05) is 11.9 Å². The van der Waals surface area contributed by atoms with Crippen LogP contribution in [0.2, 0.25) is 5.02 Å². The van der Waals surface area contributed by atoms with E-state index in [1.807, 2.05) is 0 Å². The van der Waals surface area contributed by atoms with E-state index in [1.54, 1.807) is 18.0 Å². The van der Waals surface area contributed by atoms with Crippen molar-refractivity contribution >= 4 is 29.3 Å². The molecule has 2 aromatic rings. The maximum Gasteiger partial charge on any atom is 0.223 e. The van der Waals surface area contributed by atoms with Crippen molar-refractivity contribution in [3.8, 4) is 0 Å². The van der Waals surface area contributed by atoms with Crippen LogP contribution in [0.3, 0.4) is 0 Å². The van der Waals surface area contributed by atoms with Gasteiger partial charge in [-0.1, -0.05) is 48.0 Å². The van der Waals surface area contributed by atoms with E-state index in [9.17, 15) is 0 Å². The summed E-state index contributed by atoms with van der Waals surface area (Å²) < 4.78 is 0. The van der Waals surface area contributed by atoms with Crippen molar-refractivity contribution in [3.63, 3.8) is 0 Å². The van der Waals surface area contributed by atoms with Crippen LogP contribution in [-0.4, -0.2) is 16.5 Å². The van der Waals surface area contributed by atoms with Gasteiger partial charge in [-0.15, -0.1) is 0 Å². The van der Waals surface area contributed by atoms with Crippen LogP contribution in [0.15, 0.2) is 40.4 Å². The molecular weight excluding hydrogens is 278 g/mol. The van der Waals surface area contributed by atoms with Crippen molar-refractivity contribution in [2.45, 2.75) is 30.2 Å². The lowest BCUT2D eigenvalue weighted by molar-refractivity contribution is 0.935. The second kappa shape index (κ2) is 6.78. The minimum Gasteiger partial charge on any atom is -0.354 e. The molecule has 1 aromatic carbocycles. The molecule has 1 N–H and O–H groups in total. The summed E-state index contributed by atoms with van der Waals surface area (Å²) in [6.07, 6.45) is 2.68. The smallest absolute Gasteiger partial charge is 0.223 e. The number of rotatable bonds is 5. The van der Waals surface area contributed by atoms with Crippen LogP contribution in [-0.2, 0) is 0 Å². The van der Waals surface area contributed by atoms with Crippen molar-refractivity contribution in [1.82, 2.24) is 9.97 Å². The molecule has 0 unspecified atom stereocenters. The van der Waals surface area contributed by atoms with E-state index in [-0.39, 0.29) is 0 Å². The van der Waals surface area contributed by atoms with Gasteiger partial charge in [0.1, 0.15) is 5.03 Å². The predicted octanol–water partition coefficient (Wildman–Crippen LogP) is 4.41.